The summed E-state index contributed by atoms with van der Waals surface area (Å²) >= 11 is 6.28. The van der Waals surface area contributed by atoms with Crippen molar-refractivity contribution >= 4 is 29.2 Å². The van der Waals surface area contributed by atoms with Crippen LogP contribution in [0.3, 0.4) is 0 Å². The van der Waals surface area contributed by atoms with Crippen molar-refractivity contribution in [2.75, 3.05) is 11.9 Å². The molecule has 0 fully saturated rings. The van der Waals surface area contributed by atoms with Crippen LogP contribution in [-0.4, -0.2) is 23.6 Å². The van der Waals surface area contributed by atoms with Gasteiger partial charge in [-0.2, -0.15) is 0 Å². The van der Waals surface area contributed by atoms with Crippen LogP contribution in [-0.2, 0) is 27.2 Å². The Hall–Kier alpha value is -2.34. The molecular formula is C22H27ClN2O4. The fourth-order valence-electron chi connectivity index (χ4n) is 3.56. The van der Waals surface area contributed by atoms with Crippen LogP contribution in [0.15, 0.2) is 22.7 Å². The summed E-state index contributed by atoms with van der Waals surface area (Å²) in [5.74, 6) is 0.487. The SMILES string of the molecule is CCOC(=O)CCCCCC(=O)Nc1cc(-c2onc3c2CCCC3)ccc1Cl. The quantitative estimate of drug-likeness (QED) is 0.440. The topological polar surface area (TPSA) is 81.4 Å². The second kappa shape index (κ2) is 10.4. The van der Waals surface area contributed by atoms with Gasteiger partial charge in [0, 0.05) is 24.0 Å². The molecule has 156 valence electrons. The highest BCUT2D eigenvalue weighted by Crippen LogP contribution is 2.34. The monoisotopic (exact) mass is 418 g/mol. The number of aryl methyl sites for hydroxylation is 1. The number of aromatic nitrogens is 1. The number of ether oxygens (including phenoxy) is 1. The van der Waals surface area contributed by atoms with Crippen molar-refractivity contribution in [2.24, 2.45) is 0 Å². The first-order valence-corrected chi connectivity index (χ1v) is 10.7. The molecule has 1 aromatic carbocycles. The third-order valence-corrected chi connectivity index (χ3v) is 5.38. The molecule has 1 heterocycles. The summed E-state index contributed by atoms with van der Waals surface area (Å²) in [5.41, 5.74) is 3.64. The maximum absolute atomic E-state index is 12.3. The number of nitrogens with one attached hydrogen (secondary N) is 1. The van der Waals surface area contributed by atoms with Crippen molar-refractivity contribution < 1.29 is 18.8 Å². The molecule has 0 saturated heterocycles. The standard InChI is InChI=1S/C22H27ClN2O4/c1-2-28-21(27)11-5-3-4-10-20(26)24-19-14-15(12-13-17(19)23)22-16-8-6-7-9-18(16)25-29-22/h12-14H,2-11H2,1H3,(H,24,26). The first-order valence-electron chi connectivity index (χ1n) is 10.3. The maximum Gasteiger partial charge on any atom is 0.305 e. The van der Waals surface area contributed by atoms with E-state index in [0.29, 0.717) is 36.6 Å². The molecule has 0 unspecified atom stereocenters. The first kappa shape index (κ1) is 21.4. The molecule has 0 spiro atoms. The van der Waals surface area contributed by atoms with Crippen molar-refractivity contribution in [3.05, 3.63) is 34.5 Å². The van der Waals surface area contributed by atoms with Gasteiger partial charge in [-0.15, -0.1) is 0 Å². The predicted molar refractivity (Wildman–Crippen MR) is 112 cm³/mol. The highest BCUT2D eigenvalue weighted by molar-refractivity contribution is 6.33. The number of hydrogen-bond donors (Lipinski definition) is 1. The number of esters is 1. The molecule has 1 aliphatic carbocycles. The molecule has 1 aliphatic rings. The molecule has 0 aliphatic heterocycles. The fourth-order valence-corrected chi connectivity index (χ4v) is 3.72. The Morgan fingerprint density at radius 2 is 1.97 bits per heavy atom. The molecule has 7 heteroatoms. The first-order chi connectivity index (χ1) is 14.1. The summed E-state index contributed by atoms with van der Waals surface area (Å²) in [6.07, 6.45) is 7.18. The van der Waals surface area contributed by atoms with E-state index in [1.165, 1.54) is 0 Å². The van der Waals surface area contributed by atoms with Crippen LogP contribution < -0.4 is 5.32 Å². The molecule has 6 nitrogen and oxygen atoms in total. The fraction of sp³-hybridized carbons (Fsp3) is 0.500. The van der Waals surface area contributed by atoms with Crippen molar-refractivity contribution in [1.82, 2.24) is 5.16 Å². The van der Waals surface area contributed by atoms with Gasteiger partial charge in [0.15, 0.2) is 5.76 Å². The number of fused-ring (bicyclic) bond motifs is 1. The van der Waals surface area contributed by atoms with Crippen molar-refractivity contribution in [3.8, 4) is 11.3 Å². The van der Waals surface area contributed by atoms with Gasteiger partial charge in [-0.1, -0.05) is 23.2 Å². The molecule has 1 aromatic heterocycles. The molecule has 0 bridgehead atoms. The highest BCUT2D eigenvalue weighted by atomic mass is 35.5. The van der Waals surface area contributed by atoms with E-state index in [1.807, 2.05) is 12.1 Å². The minimum Gasteiger partial charge on any atom is -0.466 e. The van der Waals surface area contributed by atoms with Gasteiger partial charge in [0.25, 0.3) is 0 Å². The Labute approximate surface area is 175 Å². The van der Waals surface area contributed by atoms with Crippen LogP contribution in [0.25, 0.3) is 11.3 Å². The number of rotatable bonds is 9. The summed E-state index contributed by atoms with van der Waals surface area (Å²) in [4.78, 5) is 23.6. The van der Waals surface area contributed by atoms with E-state index in [9.17, 15) is 9.59 Å². The van der Waals surface area contributed by atoms with Gasteiger partial charge in [-0.3, -0.25) is 9.59 Å². The molecule has 0 saturated carbocycles. The predicted octanol–water partition coefficient (Wildman–Crippen LogP) is 5.33. The lowest BCUT2D eigenvalue weighted by Gasteiger charge is -2.11. The molecule has 0 atom stereocenters. The Morgan fingerprint density at radius 1 is 1.17 bits per heavy atom. The molecule has 3 rings (SSSR count). The summed E-state index contributed by atoms with van der Waals surface area (Å²) in [7, 11) is 0. The number of carbonyl (C=O) groups excluding carboxylic acids is 2. The molecule has 0 radical (unpaired) electrons. The second-order valence-corrected chi connectivity index (χ2v) is 7.66. The minimum atomic E-state index is -0.185. The van der Waals surface area contributed by atoms with E-state index >= 15 is 0 Å². The Balaban J connectivity index is 1.54. The number of amides is 1. The van der Waals surface area contributed by atoms with Gasteiger partial charge in [0.1, 0.15) is 0 Å². The van der Waals surface area contributed by atoms with E-state index in [4.69, 9.17) is 20.9 Å². The van der Waals surface area contributed by atoms with Crippen molar-refractivity contribution in [3.63, 3.8) is 0 Å². The zero-order chi connectivity index (χ0) is 20.6. The van der Waals surface area contributed by atoms with Crippen LogP contribution in [0.2, 0.25) is 5.02 Å². The van der Waals surface area contributed by atoms with E-state index in [0.717, 1.165) is 61.1 Å². The summed E-state index contributed by atoms with van der Waals surface area (Å²) < 4.78 is 10.5. The van der Waals surface area contributed by atoms with Gasteiger partial charge in [0.05, 0.1) is 23.0 Å². The van der Waals surface area contributed by atoms with Gasteiger partial charge < -0.3 is 14.6 Å². The van der Waals surface area contributed by atoms with Crippen LogP contribution in [0.5, 0.6) is 0 Å². The number of hydrogen-bond acceptors (Lipinski definition) is 5. The Bertz CT molecular complexity index is 862. The van der Waals surface area contributed by atoms with E-state index in [1.54, 1.807) is 13.0 Å². The van der Waals surface area contributed by atoms with Gasteiger partial charge in [-0.25, -0.2) is 0 Å². The smallest absolute Gasteiger partial charge is 0.305 e. The summed E-state index contributed by atoms with van der Waals surface area (Å²) in [5, 5.41) is 7.57. The lowest BCUT2D eigenvalue weighted by molar-refractivity contribution is -0.143. The highest BCUT2D eigenvalue weighted by Gasteiger charge is 2.21. The number of benzene rings is 1. The molecule has 1 N–H and O–H groups in total. The number of nitrogens with zero attached hydrogens (tertiary/aromatic N) is 1. The largest absolute Gasteiger partial charge is 0.466 e. The average Bonchev–Trinajstić information content (AvgIpc) is 3.14. The Morgan fingerprint density at radius 3 is 2.79 bits per heavy atom. The second-order valence-electron chi connectivity index (χ2n) is 7.25. The molecule has 2 aromatic rings. The number of unbranched alkanes of at least 4 members (excludes halogenated alkanes) is 2. The minimum absolute atomic E-state index is 0.0974. The number of carbonyl (C=O) groups is 2. The van der Waals surface area contributed by atoms with Crippen LogP contribution in [0, 0.1) is 0 Å². The van der Waals surface area contributed by atoms with E-state index < -0.39 is 0 Å². The van der Waals surface area contributed by atoms with Crippen molar-refractivity contribution in [1.29, 1.82) is 0 Å². The van der Waals surface area contributed by atoms with Crippen LogP contribution >= 0.6 is 11.6 Å². The summed E-state index contributed by atoms with van der Waals surface area (Å²) in [6, 6.07) is 5.50. The van der Waals surface area contributed by atoms with E-state index in [2.05, 4.69) is 10.5 Å². The summed E-state index contributed by atoms with van der Waals surface area (Å²) in [6.45, 7) is 2.19. The average molecular weight is 419 g/mol. The van der Waals surface area contributed by atoms with Crippen LogP contribution in [0.4, 0.5) is 5.69 Å². The number of halogens is 1. The maximum atomic E-state index is 12.3. The van der Waals surface area contributed by atoms with Gasteiger partial charge in [-0.05, 0) is 63.6 Å². The number of anilines is 1. The van der Waals surface area contributed by atoms with Gasteiger partial charge in [0.2, 0.25) is 5.91 Å². The Kier molecular flexibility index (Phi) is 7.69. The zero-order valence-corrected chi connectivity index (χ0v) is 17.5. The molecular weight excluding hydrogens is 392 g/mol. The lowest BCUT2D eigenvalue weighted by atomic mass is 9.94. The normalized spacial score (nSPS) is 13.0. The van der Waals surface area contributed by atoms with E-state index in [-0.39, 0.29) is 11.9 Å². The lowest BCUT2D eigenvalue weighted by Crippen LogP contribution is -2.11. The van der Waals surface area contributed by atoms with Gasteiger partial charge >= 0.3 is 5.97 Å². The molecule has 1 amide bonds. The third-order valence-electron chi connectivity index (χ3n) is 5.05. The van der Waals surface area contributed by atoms with Crippen LogP contribution in [0.1, 0.15) is 63.1 Å². The van der Waals surface area contributed by atoms with Crippen molar-refractivity contribution in [2.45, 2.75) is 64.7 Å². The third kappa shape index (κ3) is 5.82. The zero-order valence-electron chi connectivity index (χ0n) is 16.8. The molecule has 29 heavy (non-hydrogen) atoms.